The topological polar surface area (TPSA) is 41.6 Å². The average molecular weight is 361 g/mol. The van der Waals surface area contributed by atoms with Crippen molar-refractivity contribution in [1.29, 1.82) is 0 Å². The fraction of sp³-hybridized carbons (Fsp3) is 0.588. The first-order valence-electron chi connectivity index (χ1n) is 8.05. The third kappa shape index (κ3) is 6.30. The van der Waals surface area contributed by atoms with Crippen LogP contribution in [0.25, 0.3) is 0 Å². The maximum absolute atomic E-state index is 11.9. The van der Waals surface area contributed by atoms with Crippen LogP contribution < -0.4 is 5.32 Å². The van der Waals surface area contributed by atoms with E-state index in [1.54, 1.807) is 0 Å². The van der Waals surface area contributed by atoms with Gasteiger partial charge in [0.2, 0.25) is 5.91 Å². The van der Waals surface area contributed by atoms with E-state index in [2.05, 4.69) is 17.1 Å². The Morgan fingerprint density at radius 1 is 1.35 bits per heavy atom. The van der Waals surface area contributed by atoms with Crippen LogP contribution in [0, 0.1) is 0 Å². The van der Waals surface area contributed by atoms with E-state index in [4.69, 9.17) is 16.3 Å². The highest BCUT2D eigenvalue weighted by atomic mass is 35.5. The van der Waals surface area contributed by atoms with E-state index < -0.39 is 0 Å². The van der Waals surface area contributed by atoms with Gasteiger partial charge in [0.25, 0.3) is 0 Å². The molecule has 0 spiro atoms. The number of unbranched alkanes of at least 4 members (excludes halogenated alkanes) is 1. The summed E-state index contributed by atoms with van der Waals surface area (Å²) in [5.41, 5.74) is 1.07. The molecule has 0 aliphatic carbocycles. The van der Waals surface area contributed by atoms with E-state index >= 15 is 0 Å². The predicted molar refractivity (Wildman–Crippen MR) is 96.4 cm³/mol. The lowest BCUT2D eigenvalue weighted by Crippen LogP contribution is -2.43. The number of morpholine rings is 1. The molecule has 1 fully saturated rings. The number of hydrogen-bond donors (Lipinski definition) is 1. The van der Waals surface area contributed by atoms with Crippen LogP contribution in [-0.2, 0) is 9.53 Å². The summed E-state index contributed by atoms with van der Waals surface area (Å²) in [4.78, 5) is 14.3. The van der Waals surface area contributed by atoms with Crippen molar-refractivity contribution >= 4 is 29.9 Å². The lowest BCUT2D eigenvalue weighted by Gasteiger charge is -2.35. The first-order valence-corrected chi connectivity index (χ1v) is 8.43. The normalized spacial score (nSPS) is 16.4. The van der Waals surface area contributed by atoms with E-state index in [9.17, 15) is 4.79 Å². The lowest BCUT2D eigenvalue weighted by atomic mass is 10.0. The van der Waals surface area contributed by atoms with Crippen LogP contribution in [0.4, 0.5) is 0 Å². The molecule has 6 heteroatoms. The number of nitrogens with one attached hydrogen (secondary N) is 1. The van der Waals surface area contributed by atoms with Gasteiger partial charge < -0.3 is 10.1 Å². The van der Waals surface area contributed by atoms with Crippen molar-refractivity contribution in [3.05, 3.63) is 34.9 Å². The van der Waals surface area contributed by atoms with Crippen molar-refractivity contribution in [3.63, 3.8) is 0 Å². The molecule has 0 aromatic heterocycles. The van der Waals surface area contributed by atoms with Crippen LogP contribution >= 0.6 is 24.0 Å². The third-order valence-corrected chi connectivity index (χ3v) is 4.34. The molecule has 1 heterocycles. The zero-order valence-corrected chi connectivity index (χ0v) is 15.2. The van der Waals surface area contributed by atoms with Crippen molar-refractivity contribution in [2.75, 3.05) is 32.8 Å². The Hall–Kier alpha value is -0.810. The summed E-state index contributed by atoms with van der Waals surface area (Å²) in [6.45, 7) is 5.86. The van der Waals surface area contributed by atoms with Gasteiger partial charge in [-0.1, -0.05) is 43.1 Å². The summed E-state index contributed by atoms with van der Waals surface area (Å²) < 4.78 is 5.43. The van der Waals surface area contributed by atoms with E-state index in [0.29, 0.717) is 13.0 Å². The Morgan fingerprint density at radius 3 is 2.70 bits per heavy atom. The van der Waals surface area contributed by atoms with Crippen LogP contribution in [0.2, 0.25) is 5.02 Å². The number of halogens is 2. The average Bonchev–Trinajstić information content (AvgIpc) is 2.55. The Bertz CT molecular complexity index is 479. The second kappa shape index (κ2) is 10.9. The number of carbonyl (C=O) groups is 1. The molecule has 130 valence electrons. The first kappa shape index (κ1) is 20.2. The SMILES string of the molecule is CCCCC(=O)NCC(c1ccccc1Cl)N1CCOCC1.Cl. The number of carbonyl (C=O) groups excluding carboxylic acids is 1. The van der Waals surface area contributed by atoms with Crippen LogP contribution in [0.1, 0.15) is 37.8 Å². The van der Waals surface area contributed by atoms with Gasteiger partial charge >= 0.3 is 0 Å². The molecule has 1 unspecified atom stereocenters. The molecule has 23 heavy (non-hydrogen) atoms. The summed E-state index contributed by atoms with van der Waals surface area (Å²) in [6, 6.07) is 7.97. The first-order chi connectivity index (χ1) is 10.7. The molecular formula is C17H26Cl2N2O2. The van der Waals surface area contributed by atoms with E-state index in [0.717, 1.165) is 49.7 Å². The number of amides is 1. The van der Waals surface area contributed by atoms with Gasteiger partial charge in [-0.3, -0.25) is 9.69 Å². The molecular weight excluding hydrogens is 335 g/mol. The van der Waals surface area contributed by atoms with E-state index in [1.807, 2.05) is 24.3 Å². The molecule has 0 saturated carbocycles. The highest BCUT2D eigenvalue weighted by molar-refractivity contribution is 6.31. The Labute approximate surface area is 149 Å². The van der Waals surface area contributed by atoms with Crippen molar-refractivity contribution < 1.29 is 9.53 Å². The largest absolute Gasteiger partial charge is 0.379 e. The van der Waals surface area contributed by atoms with Crippen LogP contribution in [0.3, 0.4) is 0 Å². The monoisotopic (exact) mass is 360 g/mol. The quantitative estimate of drug-likeness (QED) is 0.809. The molecule has 2 rings (SSSR count). The molecule has 0 radical (unpaired) electrons. The van der Waals surface area contributed by atoms with Crippen molar-refractivity contribution in [2.45, 2.75) is 32.2 Å². The van der Waals surface area contributed by atoms with Gasteiger partial charge in [-0.05, 0) is 18.1 Å². The van der Waals surface area contributed by atoms with E-state index in [1.165, 1.54) is 0 Å². The minimum absolute atomic E-state index is 0. The molecule has 1 aliphatic heterocycles. The standard InChI is InChI=1S/C17H25ClN2O2.ClH/c1-2-3-8-17(21)19-13-16(20-9-11-22-12-10-20)14-6-4-5-7-15(14)18;/h4-7,16H,2-3,8-13H2,1H3,(H,19,21);1H. The van der Waals surface area contributed by atoms with Crippen LogP contribution in [0.5, 0.6) is 0 Å². The van der Waals surface area contributed by atoms with Crippen molar-refractivity contribution in [2.24, 2.45) is 0 Å². The summed E-state index contributed by atoms with van der Waals surface area (Å²) in [6.07, 6.45) is 2.56. The summed E-state index contributed by atoms with van der Waals surface area (Å²) >= 11 is 6.37. The second-order valence-electron chi connectivity index (χ2n) is 5.59. The van der Waals surface area contributed by atoms with Gasteiger partial charge in [-0.25, -0.2) is 0 Å². The van der Waals surface area contributed by atoms with Crippen LogP contribution in [-0.4, -0.2) is 43.7 Å². The molecule has 1 aromatic carbocycles. The number of benzene rings is 1. The van der Waals surface area contributed by atoms with E-state index in [-0.39, 0.29) is 24.4 Å². The Morgan fingerprint density at radius 2 is 2.04 bits per heavy atom. The van der Waals surface area contributed by atoms with Gasteiger partial charge in [-0.2, -0.15) is 0 Å². The number of ether oxygens (including phenoxy) is 1. The molecule has 1 aromatic rings. The van der Waals surface area contributed by atoms with Gasteiger partial charge in [0.05, 0.1) is 19.3 Å². The minimum Gasteiger partial charge on any atom is -0.379 e. The van der Waals surface area contributed by atoms with Gasteiger partial charge in [0, 0.05) is 31.1 Å². The molecule has 1 amide bonds. The zero-order chi connectivity index (χ0) is 15.8. The van der Waals surface area contributed by atoms with Crippen LogP contribution in [0.15, 0.2) is 24.3 Å². The fourth-order valence-electron chi connectivity index (χ4n) is 2.71. The minimum atomic E-state index is 0. The number of hydrogen-bond acceptors (Lipinski definition) is 3. The number of rotatable bonds is 7. The number of nitrogens with zero attached hydrogens (tertiary/aromatic N) is 1. The third-order valence-electron chi connectivity index (χ3n) is 4.00. The van der Waals surface area contributed by atoms with Gasteiger partial charge in [0.15, 0.2) is 0 Å². The lowest BCUT2D eigenvalue weighted by molar-refractivity contribution is -0.121. The molecule has 1 atom stereocenters. The molecule has 0 bridgehead atoms. The smallest absolute Gasteiger partial charge is 0.220 e. The highest BCUT2D eigenvalue weighted by Crippen LogP contribution is 2.27. The maximum atomic E-state index is 11.9. The van der Waals surface area contributed by atoms with Crippen molar-refractivity contribution in [3.8, 4) is 0 Å². The summed E-state index contributed by atoms with van der Waals surface area (Å²) in [5, 5.41) is 3.81. The van der Waals surface area contributed by atoms with Gasteiger partial charge in [-0.15, -0.1) is 12.4 Å². The second-order valence-corrected chi connectivity index (χ2v) is 6.00. The Balaban J connectivity index is 0.00000264. The molecule has 1 aliphatic rings. The van der Waals surface area contributed by atoms with Crippen molar-refractivity contribution in [1.82, 2.24) is 10.2 Å². The maximum Gasteiger partial charge on any atom is 0.220 e. The Kier molecular flexibility index (Phi) is 9.56. The summed E-state index contributed by atoms with van der Waals surface area (Å²) in [7, 11) is 0. The summed E-state index contributed by atoms with van der Waals surface area (Å²) in [5.74, 6) is 0.118. The molecule has 1 saturated heterocycles. The van der Waals surface area contributed by atoms with Gasteiger partial charge in [0.1, 0.15) is 0 Å². The molecule has 4 nitrogen and oxygen atoms in total. The highest BCUT2D eigenvalue weighted by Gasteiger charge is 2.24. The zero-order valence-electron chi connectivity index (χ0n) is 13.6. The molecule has 1 N–H and O–H groups in total. The fourth-order valence-corrected chi connectivity index (χ4v) is 2.97. The predicted octanol–water partition coefficient (Wildman–Crippen LogP) is 3.44.